The van der Waals surface area contributed by atoms with E-state index in [0.29, 0.717) is 36.4 Å². The van der Waals surface area contributed by atoms with Crippen LogP contribution in [0, 0.1) is 5.82 Å². The average molecular weight is 339 g/mol. The third kappa shape index (κ3) is 3.52. The van der Waals surface area contributed by atoms with Gasteiger partial charge >= 0.3 is 6.55 Å². The molecule has 2 aromatic rings. The standard InChI is InChI=1S/C16H16F3N3O2/c17-11-2-1-3-13(10-11)24-12-5-8-21(9-6-12)15(23)14-4-7-20-22(14)16(18)19/h1-4,7,10,12,16H,5-6,8-9H2. The molecule has 24 heavy (non-hydrogen) atoms. The molecule has 0 N–H and O–H groups in total. The number of hydrogen-bond donors (Lipinski definition) is 0. The van der Waals surface area contributed by atoms with Gasteiger partial charge in [-0.25, -0.2) is 4.39 Å². The number of alkyl halides is 2. The fourth-order valence-corrected chi connectivity index (χ4v) is 2.71. The van der Waals surface area contributed by atoms with E-state index in [-0.39, 0.29) is 17.6 Å². The monoisotopic (exact) mass is 339 g/mol. The molecule has 0 atom stereocenters. The molecular formula is C16H16F3N3O2. The number of amides is 1. The van der Waals surface area contributed by atoms with Gasteiger partial charge in [0.05, 0.1) is 0 Å². The van der Waals surface area contributed by atoms with Crippen LogP contribution in [0.25, 0.3) is 0 Å². The number of benzene rings is 1. The lowest BCUT2D eigenvalue weighted by Crippen LogP contribution is -2.42. The third-order valence-corrected chi connectivity index (χ3v) is 3.90. The first-order valence-electron chi connectivity index (χ1n) is 7.58. The van der Waals surface area contributed by atoms with E-state index in [1.807, 2.05) is 0 Å². The lowest BCUT2D eigenvalue weighted by Gasteiger charge is -2.32. The quantitative estimate of drug-likeness (QED) is 0.860. The molecule has 0 saturated carbocycles. The van der Waals surface area contributed by atoms with Crippen LogP contribution < -0.4 is 4.74 Å². The van der Waals surface area contributed by atoms with Crippen molar-refractivity contribution in [3.05, 3.63) is 48.0 Å². The van der Waals surface area contributed by atoms with Gasteiger partial charge in [0.25, 0.3) is 5.91 Å². The summed E-state index contributed by atoms with van der Waals surface area (Å²) in [5.41, 5.74) is -0.130. The zero-order valence-electron chi connectivity index (χ0n) is 12.7. The molecule has 5 nitrogen and oxygen atoms in total. The van der Waals surface area contributed by atoms with E-state index in [4.69, 9.17) is 4.74 Å². The van der Waals surface area contributed by atoms with Crippen LogP contribution >= 0.6 is 0 Å². The SMILES string of the molecule is O=C(c1ccnn1C(F)F)N1CCC(Oc2cccc(F)c2)CC1. The fraction of sp³-hybridized carbons (Fsp3) is 0.375. The van der Waals surface area contributed by atoms with Crippen LogP contribution in [0.1, 0.15) is 29.9 Å². The predicted octanol–water partition coefficient (Wildman–Crippen LogP) is 3.10. The minimum atomic E-state index is -2.85. The second-order valence-electron chi connectivity index (χ2n) is 5.51. The Balaban J connectivity index is 1.58. The summed E-state index contributed by atoms with van der Waals surface area (Å²) in [5.74, 6) is -0.409. The van der Waals surface area contributed by atoms with Gasteiger partial charge in [0.1, 0.15) is 23.4 Å². The minimum Gasteiger partial charge on any atom is -0.490 e. The van der Waals surface area contributed by atoms with Gasteiger partial charge in [-0.05, 0) is 18.2 Å². The molecule has 8 heteroatoms. The van der Waals surface area contributed by atoms with Crippen molar-refractivity contribution >= 4 is 5.91 Å². The van der Waals surface area contributed by atoms with Gasteiger partial charge in [-0.1, -0.05) is 6.07 Å². The van der Waals surface area contributed by atoms with Gasteiger partial charge in [-0.15, -0.1) is 0 Å². The minimum absolute atomic E-state index is 0.130. The van der Waals surface area contributed by atoms with Crippen LogP contribution in [-0.2, 0) is 0 Å². The highest BCUT2D eigenvalue weighted by molar-refractivity contribution is 5.92. The highest BCUT2D eigenvalue weighted by Crippen LogP contribution is 2.21. The Labute approximate surface area is 136 Å². The lowest BCUT2D eigenvalue weighted by atomic mass is 10.1. The number of aromatic nitrogens is 2. The Morgan fingerprint density at radius 3 is 2.67 bits per heavy atom. The Kier molecular flexibility index (Phi) is 4.73. The Bertz CT molecular complexity index is 712. The second-order valence-corrected chi connectivity index (χ2v) is 5.51. The number of carbonyl (C=O) groups excluding carboxylic acids is 1. The predicted molar refractivity (Wildman–Crippen MR) is 79.4 cm³/mol. The van der Waals surface area contributed by atoms with E-state index < -0.39 is 12.5 Å². The Morgan fingerprint density at radius 1 is 1.25 bits per heavy atom. The van der Waals surface area contributed by atoms with E-state index in [9.17, 15) is 18.0 Å². The van der Waals surface area contributed by atoms with E-state index in [0.717, 1.165) is 0 Å². The van der Waals surface area contributed by atoms with Crippen LogP contribution in [0.5, 0.6) is 5.75 Å². The van der Waals surface area contributed by atoms with E-state index in [1.165, 1.54) is 29.3 Å². The third-order valence-electron chi connectivity index (χ3n) is 3.90. The van der Waals surface area contributed by atoms with Crippen molar-refractivity contribution < 1.29 is 22.7 Å². The van der Waals surface area contributed by atoms with Crippen LogP contribution in [0.3, 0.4) is 0 Å². The summed E-state index contributed by atoms with van der Waals surface area (Å²) in [4.78, 5) is 13.8. The number of halogens is 3. The largest absolute Gasteiger partial charge is 0.490 e. The van der Waals surface area contributed by atoms with Gasteiger partial charge in [0, 0.05) is 38.2 Å². The summed E-state index contributed by atoms with van der Waals surface area (Å²) < 4.78 is 44.9. The first-order chi connectivity index (χ1) is 11.5. The first-order valence-corrected chi connectivity index (χ1v) is 7.58. The molecule has 0 unspecified atom stereocenters. The van der Waals surface area contributed by atoms with Crippen molar-refractivity contribution in [3.8, 4) is 5.75 Å². The van der Waals surface area contributed by atoms with Crippen LogP contribution in [0.15, 0.2) is 36.5 Å². The molecule has 0 bridgehead atoms. The smallest absolute Gasteiger partial charge is 0.333 e. The maximum atomic E-state index is 13.1. The highest BCUT2D eigenvalue weighted by atomic mass is 19.3. The van der Waals surface area contributed by atoms with Gasteiger partial charge in [0.2, 0.25) is 0 Å². The van der Waals surface area contributed by atoms with E-state index >= 15 is 0 Å². The number of likely N-dealkylation sites (tertiary alicyclic amines) is 1. The number of nitrogens with zero attached hydrogens (tertiary/aromatic N) is 3. The first kappa shape index (κ1) is 16.4. The van der Waals surface area contributed by atoms with Crippen molar-refractivity contribution in [1.82, 2.24) is 14.7 Å². The number of ether oxygens (including phenoxy) is 1. The molecule has 0 radical (unpaired) electrons. The number of carbonyl (C=O) groups is 1. The highest BCUT2D eigenvalue weighted by Gasteiger charge is 2.28. The number of hydrogen-bond acceptors (Lipinski definition) is 3. The van der Waals surface area contributed by atoms with E-state index in [2.05, 4.69) is 5.10 Å². The van der Waals surface area contributed by atoms with Gasteiger partial charge in [-0.3, -0.25) is 4.79 Å². The molecule has 1 fully saturated rings. The van der Waals surface area contributed by atoms with Crippen molar-refractivity contribution in [1.29, 1.82) is 0 Å². The molecule has 0 aliphatic carbocycles. The molecule has 2 heterocycles. The molecule has 3 rings (SSSR count). The van der Waals surface area contributed by atoms with Crippen LogP contribution in [-0.4, -0.2) is 39.8 Å². The summed E-state index contributed by atoms with van der Waals surface area (Å²) in [5, 5.41) is 3.47. The van der Waals surface area contributed by atoms with Gasteiger partial charge < -0.3 is 9.64 Å². The zero-order valence-corrected chi connectivity index (χ0v) is 12.7. The van der Waals surface area contributed by atoms with Crippen molar-refractivity contribution in [3.63, 3.8) is 0 Å². The van der Waals surface area contributed by atoms with E-state index in [1.54, 1.807) is 12.1 Å². The maximum Gasteiger partial charge on any atom is 0.333 e. The van der Waals surface area contributed by atoms with Crippen molar-refractivity contribution in [2.45, 2.75) is 25.5 Å². The Hall–Kier alpha value is -2.51. The molecule has 1 aliphatic heterocycles. The summed E-state index contributed by atoms with van der Waals surface area (Å²) in [6, 6.07) is 7.15. The molecule has 1 amide bonds. The average Bonchev–Trinajstić information content (AvgIpc) is 3.05. The second kappa shape index (κ2) is 6.94. The maximum absolute atomic E-state index is 13.1. The molecule has 1 aromatic carbocycles. The summed E-state index contributed by atoms with van der Waals surface area (Å²) in [6.45, 7) is -2.09. The van der Waals surface area contributed by atoms with Crippen molar-refractivity contribution in [2.24, 2.45) is 0 Å². The van der Waals surface area contributed by atoms with Crippen LogP contribution in [0.2, 0.25) is 0 Å². The summed E-state index contributed by atoms with van der Waals surface area (Å²) in [7, 11) is 0. The molecular weight excluding hydrogens is 323 g/mol. The number of piperidine rings is 1. The molecule has 0 spiro atoms. The summed E-state index contributed by atoms with van der Waals surface area (Å²) in [6.07, 6.45) is 2.13. The van der Waals surface area contributed by atoms with Gasteiger partial charge in [0.15, 0.2) is 0 Å². The molecule has 1 saturated heterocycles. The fourth-order valence-electron chi connectivity index (χ4n) is 2.71. The van der Waals surface area contributed by atoms with Crippen molar-refractivity contribution in [2.75, 3.05) is 13.1 Å². The van der Waals surface area contributed by atoms with Crippen LogP contribution in [0.4, 0.5) is 13.2 Å². The normalized spacial score (nSPS) is 15.8. The zero-order chi connectivity index (χ0) is 17.1. The molecule has 128 valence electrons. The number of rotatable bonds is 4. The topological polar surface area (TPSA) is 47.4 Å². The molecule has 1 aromatic heterocycles. The lowest BCUT2D eigenvalue weighted by molar-refractivity contribution is 0.0413. The summed E-state index contributed by atoms with van der Waals surface area (Å²) >= 11 is 0. The Morgan fingerprint density at radius 2 is 2.00 bits per heavy atom. The molecule has 1 aliphatic rings. The van der Waals surface area contributed by atoms with Gasteiger partial charge in [-0.2, -0.15) is 18.6 Å².